The maximum atomic E-state index is 12.4. The molecule has 0 aromatic heterocycles. The number of benzene rings is 1. The minimum atomic E-state index is -0.292. The van der Waals surface area contributed by atoms with Gasteiger partial charge < -0.3 is 10.4 Å². The van der Waals surface area contributed by atoms with Crippen molar-refractivity contribution in [2.24, 2.45) is 0 Å². The Hall–Kier alpha value is -1.35. The molecule has 3 nitrogen and oxygen atoms in total. The van der Waals surface area contributed by atoms with Crippen LogP contribution in [0.1, 0.15) is 63.0 Å². The molecular formula is C18H27NO2. The van der Waals surface area contributed by atoms with E-state index in [0.29, 0.717) is 18.8 Å². The van der Waals surface area contributed by atoms with E-state index in [0.717, 1.165) is 25.7 Å². The molecule has 1 aliphatic carbocycles. The van der Waals surface area contributed by atoms with Crippen molar-refractivity contribution in [3.63, 3.8) is 0 Å². The van der Waals surface area contributed by atoms with Crippen LogP contribution in [0.4, 0.5) is 0 Å². The van der Waals surface area contributed by atoms with E-state index >= 15 is 0 Å². The molecule has 0 saturated heterocycles. The summed E-state index contributed by atoms with van der Waals surface area (Å²) in [5, 5.41) is 12.3. The number of aryl methyl sites for hydroxylation is 1. The molecular weight excluding hydrogens is 262 g/mol. The third-order valence-corrected chi connectivity index (χ3v) is 4.81. The monoisotopic (exact) mass is 289 g/mol. The minimum Gasteiger partial charge on any atom is -0.396 e. The van der Waals surface area contributed by atoms with Crippen LogP contribution in [-0.4, -0.2) is 23.2 Å². The highest BCUT2D eigenvalue weighted by Gasteiger charge is 2.27. The molecule has 21 heavy (non-hydrogen) atoms. The minimum absolute atomic E-state index is 0.106. The zero-order valence-electron chi connectivity index (χ0n) is 13.2. The van der Waals surface area contributed by atoms with Crippen molar-refractivity contribution in [2.75, 3.05) is 6.61 Å². The lowest BCUT2D eigenvalue weighted by atomic mass is 9.81. The Labute approximate surface area is 127 Å². The molecule has 0 saturated carbocycles. The quantitative estimate of drug-likeness (QED) is 0.845. The van der Waals surface area contributed by atoms with Crippen molar-refractivity contribution in [3.8, 4) is 0 Å². The zero-order valence-corrected chi connectivity index (χ0v) is 13.2. The Morgan fingerprint density at radius 3 is 2.90 bits per heavy atom. The first-order valence-electron chi connectivity index (χ1n) is 8.07. The molecule has 0 bridgehead atoms. The standard InChI is InChI=1S/C18H27NO2/c1-3-18(2,11-12-20)19-17(21)13-15-9-6-8-14-7-4-5-10-16(14)15/h4-5,7,10,15,20H,3,6,8-9,11-13H2,1-2H3,(H,19,21). The van der Waals surface area contributed by atoms with Crippen molar-refractivity contribution in [2.45, 2.75) is 63.8 Å². The second-order valence-corrected chi connectivity index (χ2v) is 6.43. The van der Waals surface area contributed by atoms with Gasteiger partial charge in [0.2, 0.25) is 5.91 Å². The van der Waals surface area contributed by atoms with Crippen LogP contribution in [0.5, 0.6) is 0 Å². The summed E-state index contributed by atoms with van der Waals surface area (Å²) in [6.07, 6.45) is 5.38. The van der Waals surface area contributed by atoms with Gasteiger partial charge in [0.15, 0.2) is 0 Å². The molecule has 0 aliphatic heterocycles. The Bertz CT molecular complexity index is 486. The van der Waals surface area contributed by atoms with Gasteiger partial charge in [0.1, 0.15) is 0 Å². The van der Waals surface area contributed by atoms with Gasteiger partial charge >= 0.3 is 0 Å². The number of rotatable bonds is 6. The molecule has 2 unspecified atom stereocenters. The fourth-order valence-electron chi connectivity index (χ4n) is 3.25. The fraction of sp³-hybridized carbons (Fsp3) is 0.611. The summed E-state index contributed by atoms with van der Waals surface area (Å²) in [4.78, 5) is 12.4. The predicted octanol–water partition coefficient (Wildman–Crippen LogP) is 3.16. The highest BCUT2D eigenvalue weighted by Crippen LogP contribution is 2.33. The number of hydrogen-bond acceptors (Lipinski definition) is 2. The zero-order chi connectivity index (χ0) is 15.3. The maximum absolute atomic E-state index is 12.4. The first-order valence-corrected chi connectivity index (χ1v) is 8.07. The third-order valence-electron chi connectivity index (χ3n) is 4.81. The average Bonchev–Trinajstić information content (AvgIpc) is 2.48. The van der Waals surface area contributed by atoms with E-state index in [1.807, 2.05) is 13.8 Å². The first-order chi connectivity index (χ1) is 10.1. The molecule has 116 valence electrons. The van der Waals surface area contributed by atoms with E-state index in [1.54, 1.807) is 0 Å². The van der Waals surface area contributed by atoms with Gasteiger partial charge in [0, 0.05) is 18.6 Å². The van der Waals surface area contributed by atoms with Gasteiger partial charge in [-0.25, -0.2) is 0 Å². The van der Waals surface area contributed by atoms with Crippen LogP contribution in [0.3, 0.4) is 0 Å². The largest absolute Gasteiger partial charge is 0.396 e. The van der Waals surface area contributed by atoms with Crippen molar-refractivity contribution < 1.29 is 9.90 Å². The number of hydrogen-bond donors (Lipinski definition) is 2. The first kappa shape index (κ1) is 16.0. The highest BCUT2D eigenvalue weighted by molar-refractivity contribution is 5.77. The van der Waals surface area contributed by atoms with E-state index in [4.69, 9.17) is 5.11 Å². The lowest BCUT2D eigenvalue weighted by Gasteiger charge is -2.31. The molecule has 0 fully saturated rings. The van der Waals surface area contributed by atoms with E-state index in [2.05, 4.69) is 29.6 Å². The highest BCUT2D eigenvalue weighted by atomic mass is 16.3. The Morgan fingerprint density at radius 1 is 1.43 bits per heavy atom. The van der Waals surface area contributed by atoms with Gasteiger partial charge in [-0.2, -0.15) is 0 Å². The second-order valence-electron chi connectivity index (χ2n) is 6.43. The second kappa shape index (κ2) is 7.08. The van der Waals surface area contributed by atoms with Crippen LogP contribution in [0.25, 0.3) is 0 Å². The van der Waals surface area contributed by atoms with Gasteiger partial charge in [-0.1, -0.05) is 31.2 Å². The molecule has 1 aromatic carbocycles. The molecule has 3 heteroatoms. The summed E-state index contributed by atoms with van der Waals surface area (Å²) >= 11 is 0. The summed E-state index contributed by atoms with van der Waals surface area (Å²) in [6.45, 7) is 4.17. The van der Waals surface area contributed by atoms with Crippen molar-refractivity contribution in [1.29, 1.82) is 0 Å². The normalized spacial score (nSPS) is 20.4. The number of aliphatic hydroxyl groups excluding tert-OH is 1. The number of fused-ring (bicyclic) bond motifs is 1. The summed E-state index contributed by atoms with van der Waals surface area (Å²) in [5.74, 6) is 0.444. The molecule has 0 heterocycles. The van der Waals surface area contributed by atoms with Crippen LogP contribution in [0.15, 0.2) is 24.3 Å². The summed E-state index contributed by atoms with van der Waals surface area (Å²) in [7, 11) is 0. The Balaban J connectivity index is 2.01. The van der Waals surface area contributed by atoms with E-state index < -0.39 is 0 Å². The number of nitrogens with one attached hydrogen (secondary N) is 1. The van der Waals surface area contributed by atoms with E-state index in [-0.39, 0.29) is 18.1 Å². The molecule has 2 rings (SSSR count). The summed E-state index contributed by atoms with van der Waals surface area (Å²) in [5.41, 5.74) is 2.45. The van der Waals surface area contributed by atoms with Gasteiger partial charge in [-0.05, 0) is 56.1 Å². The summed E-state index contributed by atoms with van der Waals surface area (Å²) < 4.78 is 0. The SMILES string of the molecule is CCC(C)(CCO)NC(=O)CC1CCCc2ccccc21. The molecule has 1 aromatic rings. The molecule has 2 N–H and O–H groups in total. The average molecular weight is 289 g/mol. The molecule has 0 spiro atoms. The molecule has 1 amide bonds. The number of aliphatic hydroxyl groups is 1. The Morgan fingerprint density at radius 2 is 2.19 bits per heavy atom. The smallest absolute Gasteiger partial charge is 0.221 e. The van der Waals surface area contributed by atoms with Gasteiger partial charge in [-0.15, -0.1) is 0 Å². The molecule has 2 atom stereocenters. The molecule has 1 aliphatic rings. The van der Waals surface area contributed by atoms with Crippen LogP contribution >= 0.6 is 0 Å². The van der Waals surface area contributed by atoms with Crippen molar-refractivity contribution in [3.05, 3.63) is 35.4 Å². The summed E-state index contributed by atoms with van der Waals surface area (Å²) in [6, 6.07) is 8.49. The van der Waals surface area contributed by atoms with E-state index in [9.17, 15) is 4.79 Å². The van der Waals surface area contributed by atoms with Crippen molar-refractivity contribution in [1.82, 2.24) is 5.32 Å². The van der Waals surface area contributed by atoms with Crippen LogP contribution in [0.2, 0.25) is 0 Å². The van der Waals surface area contributed by atoms with Crippen LogP contribution in [0, 0.1) is 0 Å². The van der Waals surface area contributed by atoms with Crippen LogP contribution in [-0.2, 0) is 11.2 Å². The van der Waals surface area contributed by atoms with Crippen molar-refractivity contribution >= 4 is 5.91 Å². The third kappa shape index (κ3) is 4.07. The molecule has 0 radical (unpaired) electrons. The maximum Gasteiger partial charge on any atom is 0.221 e. The fourth-order valence-corrected chi connectivity index (χ4v) is 3.25. The topological polar surface area (TPSA) is 49.3 Å². The lowest BCUT2D eigenvalue weighted by molar-refractivity contribution is -0.123. The Kier molecular flexibility index (Phi) is 5.40. The lowest BCUT2D eigenvalue weighted by Crippen LogP contribution is -2.46. The number of carbonyl (C=O) groups excluding carboxylic acids is 1. The predicted molar refractivity (Wildman–Crippen MR) is 85.3 cm³/mol. The van der Waals surface area contributed by atoms with E-state index in [1.165, 1.54) is 11.1 Å². The number of amides is 1. The van der Waals surface area contributed by atoms with Gasteiger partial charge in [-0.3, -0.25) is 4.79 Å². The van der Waals surface area contributed by atoms with Gasteiger partial charge in [0.05, 0.1) is 0 Å². The van der Waals surface area contributed by atoms with Gasteiger partial charge in [0.25, 0.3) is 0 Å². The van der Waals surface area contributed by atoms with Crippen LogP contribution < -0.4 is 5.32 Å². The number of carbonyl (C=O) groups is 1.